The maximum atomic E-state index is 12.1. The van der Waals surface area contributed by atoms with Crippen molar-refractivity contribution in [2.45, 2.75) is 6.92 Å². The first-order valence-corrected chi connectivity index (χ1v) is 5.55. The Morgan fingerprint density at radius 3 is 2.47 bits per heavy atom. The summed E-state index contributed by atoms with van der Waals surface area (Å²) in [5.41, 5.74) is 2.12. The van der Waals surface area contributed by atoms with Gasteiger partial charge in [-0.3, -0.25) is 4.79 Å². The molecule has 2 nitrogen and oxygen atoms in total. The molecule has 0 spiro atoms. The van der Waals surface area contributed by atoms with E-state index in [4.69, 9.17) is 11.6 Å². The fourth-order valence-electron chi connectivity index (χ4n) is 1.60. The van der Waals surface area contributed by atoms with E-state index >= 15 is 0 Å². The van der Waals surface area contributed by atoms with Crippen LogP contribution in [-0.4, -0.2) is 10.9 Å². The number of aromatic hydroxyl groups is 1. The Hall–Kier alpha value is -1.80. The minimum absolute atomic E-state index is 0.0209. The van der Waals surface area contributed by atoms with Gasteiger partial charge in [-0.05, 0) is 31.2 Å². The molecule has 3 heteroatoms. The van der Waals surface area contributed by atoms with Crippen LogP contribution in [0.15, 0.2) is 42.5 Å². The molecule has 0 atom stereocenters. The highest BCUT2D eigenvalue weighted by Crippen LogP contribution is 2.24. The number of carbonyl (C=O) groups excluding carboxylic acids is 1. The smallest absolute Gasteiger partial charge is 0.193 e. The molecule has 0 bridgehead atoms. The van der Waals surface area contributed by atoms with E-state index in [2.05, 4.69) is 0 Å². The van der Waals surface area contributed by atoms with Crippen LogP contribution < -0.4 is 0 Å². The molecule has 1 N–H and O–H groups in total. The molecule has 0 amide bonds. The van der Waals surface area contributed by atoms with Crippen molar-refractivity contribution in [2.24, 2.45) is 0 Å². The van der Waals surface area contributed by atoms with Crippen molar-refractivity contribution in [3.8, 4) is 5.75 Å². The van der Waals surface area contributed by atoms with Crippen LogP contribution in [0, 0.1) is 6.92 Å². The fraction of sp³-hybridized carbons (Fsp3) is 0.0714. The highest BCUT2D eigenvalue weighted by molar-refractivity contribution is 6.32. The van der Waals surface area contributed by atoms with Crippen LogP contribution in [0.2, 0.25) is 5.02 Å². The van der Waals surface area contributed by atoms with Gasteiger partial charge < -0.3 is 5.11 Å². The summed E-state index contributed by atoms with van der Waals surface area (Å²) in [6.07, 6.45) is 0. The Labute approximate surface area is 104 Å². The highest BCUT2D eigenvalue weighted by atomic mass is 35.5. The van der Waals surface area contributed by atoms with E-state index in [1.807, 2.05) is 25.1 Å². The lowest BCUT2D eigenvalue weighted by Crippen LogP contribution is -2.01. The quantitative estimate of drug-likeness (QED) is 0.823. The van der Waals surface area contributed by atoms with Crippen molar-refractivity contribution in [1.82, 2.24) is 0 Å². The van der Waals surface area contributed by atoms with E-state index in [1.165, 1.54) is 12.1 Å². The maximum absolute atomic E-state index is 12.1. The van der Waals surface area contributed by atoms with Crippen molar-refractivity contribution < 1.29 is 9.90 Å². The summed E-state index contributed by atoms with van der Waals surface area (Å²) < 4.78 is 0. The minimum atomic E-state index is -0.101. The molecule has 0 fully saturated rings. The van der Waals surface area contributed by atoms with Crippen molar-refractivity contribution in [2.75, 3.05) is 0 Å². The second-order valence-corrected chi connectivity index (χ2v) is 4.27. The third-order valence-corrected chi connectivity index (χ3v) is 2.79. The molecule has 0 radical (unpaired) electrons. The summed E-state index contributed by atoms with van der Waals surface area (Å²) in [5, 5.41) is 9.48. The zero-order valence-corrected chi connectivity index (χ0v) is 10.0. The maximum Gasteiger partial charge on any atom is 0.193 e. The van der Waals surface area contributed by atoms with Crippen molar-refractivity contribution in [1.29, 1.82) is 0 Å². The fourth-order valence-corrected chi connectivity index (χ4v) is 1.78. The Balaban J connectivity index is 2.40. The topological polar surface area (TPSA) is 37.3 Å². The van der Waals surface area contributed by atoms with Crippen LogP contribution in [0.5, 0.6) is 5.75 Å². The molecule has 0 unspecified atom stereocenters. The summed E-state index contributed by atoms with van der Waals surface area (Å²) >= 11 is 5.77. The van der Waals surface area contributed by atoms with Gasteiger partial charge in [-0.15, -0.1) is 0 Å². The average Bonchev–Trinajstić information content (AvgIpc) is 2.32. The molecule has 0 saturated heterocycles. The molecule has 2 aromatic carbocycles. The second-order valence-electron chi connectivity index (χ2n) is 3.86. The summed E-state index contributed by atoms with van der Waals surface area (Å²) in [7, 11) is 0. The average molecular weight is 247 g/mol. The number of phenolic OH excluding ortho intramolecular Hbond substituents is 1. The van der Waals surface area contributed by atoms with Crippen molar-refractivity contribution in [3.05, 3.63) is 64.2 Å². The van der Waals surface area contributed by atoms with E-state index in [1.54, 1.807) is 12.1 Å². The summed E-state index contributed by atoms with van der Waals surface area (Å²) in [4.78, 5) is 12.1. The van der Waals surface area contributed by atoms with Gasteiger partial charge >= 0.3 is 0 Å². The molecule has 0 aliphatic heterocycles. The number of benzene rings is 2. The molecule has 0 aliphatic carbocycles. The van der Waals surface area contributed by atoms with Gasteiger partial charge in [-0.2, -0.15) is 0 Å². The lowest BCUT2D eigenvalue weighted by Gasteiger charge is -2.03. The molecule has 0 heterocycles. The molecule has 2 rings (SSSR count). The van der Waals surface area contributed by atoms with Crippen LogP contribution in [-0.2, 0) is 0 Å². The summed E-state index contributed by atoms with van der Waals surface area (Å²) in [5.74, 6) is -0.122. The van der Waals surface area contributed by atoms with E-state index in [9.17, 15) is 9.90 Å². The Morgan fingerprint density at radius 1 is 1.12 bits per heavy atom. The second kappa shape index (κ2) is 4.60. The van der Waals surface area contributed by atoms with Gasteiger partial charge in [0.05, 0.1) is 5.02 Å². The number of hydrogen-bond donors (Lipinski definition) is 1. The van der Waals surface area contributed by atoms with Gasteiger partial charge in [0.2, 0.25) is 0 Å². The normalized spacial score (nSPS) is 10.2. The molecule has 0 saturated carbocycles. The van der Waals surface area contributed by atoms with Crippen molar-refractivity contribution in [3.63, 3.8) is 0 Å². The molecule has 17 heavy (non-hydrogen) atoms. The number of hydrogen-bond acceptors (Lipinski definition) is 2. The molecular weight excluding hydrogens is 236 g/mol. The van der Waals surface area contributed by atoms with Crippen LogP contribution in [0.3, 0.4) is 0 Å². The third kappa shape index (κ3) is 2.48. The number of rotatable bonds is 2. The van der Waals surface area contributed by atoms with Crippen LogP contribution in [0.1, 0.15) is 21.5 Å². The Morgan fingerprint density at radius 2 is 1.82 bits per heavy atom. The zero-order chi connectivity index (χ0) is 12.4. The Bertz CT molecular complexity index is 576. The zero-order valence-electron chi connectivity index (χ0n) is 9.27. The lowest BCUT2D eigenvalue weighted by atomic mass is 10.0. The van der Waals surface area contributed by atoms with E-state index in [0.29, 0.717) is 11.1 Å². The number of phenols is 1. The van der Waals surface area contributed by atoms with E-state index in [0.717, 1.165) is 5.56 Å². The largest absolute Gasteiger partial charge is 0.506 e. The summed E-state index contributed by atoms with van der Waals surface area (Å²) in [6, 6.07) is 11.8. The summed E-state index contributed by atoms with van der Waals surface area (Å²) in [6.45, 7) is 1.93. The number of aryl methyl sites for hydroxylation is 1. The predicted octanol–water partition coefficient (Wildman–Crippen LogP) is 3.59. The molecule has 86 valence electrons. The monoisotopic (exact) mass is 246 g/mol. The van der Waals surface area contributed by atoms with Gasteiger partial charge in [0, 0.05) is 11.1 Å². The predicted molar refractivity (Wildman–Crippen MR) is 67.7 cm³/mol. The molecule has 2 aromatic rings. The van der Waals surface area contributed by atoms with Gasteiger partial charge in [0.25, 0.3) is 0 Å². The molecule has 0 aromatic heterocycles. The van der Waals surface area contributed by atoms with Crippen molar-refractivity contribution >= 4 is 17.4 Å². The van der Waals surface area contributed by atoms with E-state index in [-0.39, 0.29) is 16.6 Å². The molecular formula is C14H11ClO2. The van der Waals surface area contributed by atoms with Crippen LogP contribution >= 0.6 is 11.6 Å². The van der Waals surface area contributed by atoms with Gasteiger partial charge in [0.1, 0.15) is 5.75 Å². The number of ketones is 1. The van der Waals surface area contributed by atoms with Gasteiger partial charge in [0.15, 0.2) is 5.78 Å². The SMILES string of the molecule is Cc1cccc(C(=O)c2ccc(O)c(Cl)c2)c1. The van der Waals surface area contributed by atoms with E-state index < -0.39 is 0 Å². The highest BCUT2D eigenvalue weighted by Gasteiger charge is 2.10. The first kappa shape index (κ1) is 11.7. The van der Waals surface area contributed by atoms with Crippen LogP contribution in [0.25, 0.3) is 0 Å². The first-order valence-electron chi connectivity index (χ1n) is 5.18. The Kier molecular flexibility index (Phi) is 3.16. The first-order chi connectivity index (χ1) is 8.08. The van der Waals surface area contributed by atoms with Crippen LogP contribution in [0.4, 0.5) is 0 Å². The third-order valence-electron chi connectivity index (χ3n) is 2.49. The molecule has 0 aliphatic rings. The number of carbonyl (C=O) groups is 1. The van der Waals surface area contributed by atoms with Gasteiger partial charge in [-0.25, -0.2) is 0 Å². The lowest BCUT2D eigenvalue weighted by molar-refractivity contribution is 0.103. The standard InChI is InChI=1S/C14H11ClO2/c1-9-3-2-4-10(7-9)14(17)11-5-6-13(16)12(15)8-11/h2-8,16H,1H3. The minimum Gasteiger partial charge on any atom is -0.506 e. The van der Waals surface area contributed by atoms with Gasteiger partial charge in [-0.1, -0.05) is 35.4 Å². The number of halogens is 1.